The molecule has 0 unspecified atom stereocenters. The molecule has 0 saturated carbocycles. The van der Waals surface area contributed by atoms with E-state index in [1.807, 2.05) is 12.2 Å². The summed E-state index contributed by atoms with van der Waals surface area (Å²) in [6.07, 6.45) is 10.0. The van der Waals surface area contributed by atoms with Gasteiger partial charge in [0.1, 0.15) is 0 Å². The summed E-state index contributed by atoms with van der Waals surface area (Å²) in [7, 11) is 0. The molecule has 6 heteroatoms. The van der Waals surface area contributed by atoms with E-state index in [1.54, 1.807) is 0 Å². The van der Waals surface area contributed by atoms with E-state index in [1.165, 1.54) is 0 Å². The first kappa shape index (κ1) is 23.6. The second-order valence-electron chi connectivity index (χ2n) is 1.58. The van der Waals surface area contributed by atoms with Crippen LogP contribution in [0.5, 0.6) is 0 Å². The van der Waals surface area contributed by atoms with Gasteiger partial charge in [-0.3, -0.25) is 6.08 Å². The van der Waals surface area contributed by atoms with Gasteiger partial charge in [0, 0.05) is 26.2 Å². The third kappa shape index (κ3) is 22.7. The van der Waals surface area contributed by atoms with E-state index < -0.39 is 0 Å². The molecular formula is C6H13Al2Cl2OZr-. The van der Waals surface area contributed by atoms with Crippen molar-refractivity contribution in [2.45, 2.75) is 12.2 Å². The zero-order valence-electron chi connectivity index (χ0n) is 7.37. The van der Waals surface area contributed by atoms with Crippen LogP contribution in [-0.2, 0) is 29.0 Å². The summed E-state index contributed by atoms with van der Waals surface area (Å²) >= 11 is 0.938. The average molecular weight is 317 g/mol. The Hall–Kier alpha value is 1.97. The average Bonchev–Trinajstić information content (AvgIpc) is 2.43. The number of hydrogen-bond donors (Lipinski definition) is 0. The fourth-order valence-corrected chi connectivity index (χ4v) is 0.340. The number of hydrogen-bond acceptors (Lipinski definition) is 1. The minimum Gasteiger partial charge on any atom is -0.645 e. The van der Waals surface area contributed by atoms with Gasteiger partial charge in [0.25, 0.3) is 0 Å². The summed E-state index contributed by atoms with van der Waals surface area (Å²) in [5.74, 6) is 2.13. The molecule has 1 nitrogen and oxygen atoms in total. The molecule has 0 aromatic carbocycles. The Morgan fingerprint density at radius 2 is 2.00 bits per heavy atom. The predicted molar refractivity (Wildman–Crippen MR) is 58.7 cm³/mol. The van der Waals surface area contributed by atoms with Crippen LogP contribution in [0.25, 0.3) is 0 Å². The minimum absolute atomic E-state index is 0. The molecule has 1 aliphatic rings. The van der Waals surface area contributed by atoms with E-state index >= 15 is 0 Å². The van der Waals surface area contributed by atoms with Crippen LogP contribution in [0.15, 0.2) is 18.2 Å². The van der Waals surface area contributed by atoms with E-state index in [4.69, 9.17) is 2.84 Å². The third-order valence-electron chi connectivity index (χ3n) is 0.875. The summed E-state index contributed by atoms with van der Waals surface area (Å²) in [4.78, 5) is 0. The quantitative estimate of drug-likeness (QED) is 0.520. The summed E-state index contributed by atoms with van der Waals surface area (Å²) in [5, 5.41) is 0. The molecule has 0 aromatic heterocycles. The van der Waals surface area contributed by atoms with Crippen molar-refractivity contribution < 1.29 is 29.0 Å². The molecule has 0 spiro atoms. The second-order valence-corrected chi connectivity index (χ2v) is 4.47. The molecule has 0 heterocycles. The standard InChI is InChI=1S/C5H5.CH3.2Al.2ClH.O.Zr.3H/c1-2-4-5-3-1;;;;;;;;;;/h1-3H,4H2;1H3;;;2*1H;;;;;/q-1;;;;;;;;;;. The Morgan fingerprint density at radius 1 is 1.50 bits per heavy atom. The molecule has 0 fully saturated rings. The van der Waals surface area contributed by atoms with Crippen molar-refractivity contribution in [3.05, 3.63) is 24.3 Å². The first-order chi connectivity index (χ1) is 4.41. The van der Waals surface area contributed by atoms with Gasteiger partial charge in [-0.25, -0.2) is 12.2 Å². The van der Waals surface area contributed by atoms with Crippen molar-refractivity contribution in [3.63, 3.8) is 0 Å². The maximum atomic E-state index is 4.82. The van der Waals surface area contributed by atoms with Crippen LogP contribution in [0, 0.1) is 6.08 Å². The van der Waals surface area contributed by atoms with Crippen molar-refractivity contribution in [2.24, 2.45) is 0 Å². The van der Waals surface area contributed by atoms with Gasteiger partial charge in [0.15, 0.2) is 0 Å². The van der Waals surface area contributed by atoms with Gasteiger partial charge >= 0.3 is 32.2 Å². The molecule has 1 rings (SSSR count). The Kier molecular flexibility index (Phi) is 45.5. The maximum Gasteiger partial charge on any atom is 0.401 e. The van der Waals surface area contributed by atoms with E-state index in [0.29, 0.717) is 0 Å². The summed E-state index contributed by atoms with van der Waals surface area (Å²) in [6, 6.07) is 0. The number of halogens is 2. The SMILES string of the molecule is Cl.Cl.[C-]1=CC=CC1.[CH3][AlH][O][AlH2].[Zr]. The van der Waals surface area contributed by atoms with Crippen LogP contribution in [0.3, 0.4) is 0 Å². The van der Waals surface area contributed by atoms with Crippen LogP contribution < -0.4 is 0 Å². The van der Waals surface area contributed by atoms with Gasteiger partial charge < -0.3 is 2.84 Å². The molecule has 12 heavy (non-hydrogen) atoms. The van der Waals surface area contributed by atoms with Crippen molar-refractivity contribution in [2.75, 3.05) is 0 Å². The van der Waals surface area contributed by atoms with Gasteiger partial charge in [-0.05, 0) is 0 Å². The number of rotatable bonds is 1. The molecule has 0 radical (unpaired) electrons. The van der Waals surface area contributed by atoms with E-state index in [9.17, 15) is 0 Å². The van der Waals surface area contributed by atoms with Crippen LogP contribution in [0.2, 0.25) is 5.79 Å². The molecule has 0 aliphatic heterocycles. The fourth-order valence-electron chi connectivity index (χ4n) is 0.340. The summed E-state index contributed by atoms with van der Waals surface area (Å²) in [5.41, 5.74) is 0. The van der Waals surface area contributed by atoms with Crippen molar-refractivity contribution in [3.8, 4) is 0 Å². The molecule has 1 aliphatic carbocycles. The molecule has 0 atom stereocenters. The molecule has 0 saturated heterocycles. The third-order valence-corrected chi connectivity index (χ3v) is 3.18. The van der Waals surface area contributed by atoms with Gasteiger partial charge in [0.05, 0.1) is 0 Å². The molecule has 0 N–H and O–H groups in total. The van der Waals surface area contributed by atoms with Crippen LogP contribution in [0.1, 0.15) is 6.42 Å². The first-order valence-electron chi connectivity index (χ1n) is 3.12. The Morgan fingerprint density at radius 3 is 2.08 bits per heavy atom. The Balaban J connectivity index is -0.0000000436. The van der Waals surface area contributed by atoms with Crippen LogP contribution in [0.4, 0.5) is 0 Å². The minimum atomic E-state index is -0.0139. The van der Waals surface area contributed by atoms with Gasteiger partial charge in [-0.15, -0.1) is 31.2 Å². The van der Waals surface area contributed by atoms with Gasteiger partial charge in [0.2, 0.25) is 0 Å². The molecular weight excluding hydrogens is 304 g/mol. The van der Waals surface area contributed by atoms with E-state index in [2.05, 4.69) is 17.9 Å². The van der Waals surface area contributed by atoms with E-state index in [0.717, 1.165) is 23.0 Å². The number of allylic oxidation sites excluding steroid dienone is 4. The smallest absolute Gasteiger partial charge is 0.401 e. The zero-order valence-corrected chi connectivity index (χ0v) is 14.9. The largest absolute Gasteiger partial charge is 0.645 e. The molecule has 0 amide bonds. The summed E-state index contributed by atoms with van der Waals surface area (Å²) in [6.45, 7) is 0. The second kappa shape index (κ2) is 23.1. The normalized spacial score (nSPS) is 9.42. The summed E-state index contributed by atoms with van der Waals surface area (Å²) < 4.78 is 4.82. The molecule has 68 valence electrons. The van der Waals surface area contributed by atoms with Gasteiger partial charge in [-0.1, -0.05) is 5.79 Å². The maximum absolute atomic E-state index is 4.82. The monoisotopic (exact) mass is 315 g/mol. The predicted octanol–water partition coefficient (Wildman–Crippen LogP) is 1.10. The van der Waals surface area contributed by atoms with Crippen LogP contribution >= 0.6 is 24.8 Å². The van der Waals surface area contributed by atoms with Crippen molar-refractivity contribution in [1.82, 2.24) is 0 Å². The van der Waals surface area contributed by atoms with Crippen LogP contribution in [-0.4, -0.2) is 32.2 Å². The van der Waals surface area contributed by atoms with E-state index in [-0.39, 0.29) is 66.6 Å². The fraction of sp³-hybridized carbons (Fsp3) is 0.333. The Bertz CT molecular complexity index is 99.7. The first-order valence-corrected chi connectivity index (χ1v) is 5.93. The van der Waals surface area contributed by atoms with Gasteiger partial charge in [-0.2, -0.15) is 6.08 Å². The molecule has 0 bridgehead atoms. The van der Waals surface area contributed by atoms with Crippen molar-refractivity contribution in [1.29, 1.82) is 0 Å². The zero-order chi connectivity index (χ0) is 6.95. The Labute approximate surface area is 121 Å². The topological polar surface area (TPSA) is 9.23 Å². The molecule has 0 aromatic rings. The van der Waals surface area contributed by atoms with Crippen molar-refractivity contribution >= 4 is 57.0 Å².